The molecule has 1 N–H and O–H groups in total. The smallest absolute Gasteiger partial charge is 0.151 e. The third-order valence-corrected chi connectivity index (χ3v) is 5.21. The van der Waals surface area contributed by atoms with E-state index in [0.29, 0.717) is 6.10 Å². The van der Waals surface area contributed by atoms with Gasteiger partial charge in [-0.25, -0.2) is 8.42 Å². The molecule has 4 nitrogen and oxygen atoms in total. The van der Waals surface area contributed by atoms with Gasteiger partial charge in [0.25, 0.3) is 0 Å². The molecule has 0 aromatic heterocycles. The third-order valence-electron chi connectivity index (χ3n) is 3.53. The molecule has 1 saturated heterocycles. The van der Waals surface area contributed by atoms with Crippen LogP contribution in [0, 0.1) is 0 Å². The number of hydrogen-bond acceptors (Lipinski definition) is 4. The predicted octanol–water partition coefficient (Wildman–Crippen LogP) is 1.36. The summed E-state index contributed by atoms with van der Waals surface area (Å²) in [5, 5.41) is 2.95. The van der Waals surface area contributed by atoms with E-state index in [0.717, 1.165) is 38.8 Å². The Morgan fingerprint density at radius 2 is 2.18 bits per heavy atom. The minimum atomic E-state index is -2.97. The van der Waals surface area contributed by atoms with Crippen molar-refractivity contribution in [1.82, 2.24) is 5.32 Å². The lowest BCUT2D eigenvalue weighted by Crippen LogP contribution is -2.42. The number of sulfone groups is 1. The summed E-state index contributed by atoms with van der Waals surface area (Å²) in [5.74, 6) is 0. The van der Waals surface area contributed by atoms with Crippen LogP contribution in [0.5, 0.6) is 0 Å². The predicted molar refractivity (Wildman–Crippen MR) is 70.0 cm³/mol. The van der Waals surface area contributed by atoms with Gasteiger partial charge in [-0.15, -0.1) is 0 Å². The molecule has 0 spiro atoms. The van der Waals surface area contributed by atoms with Crippen LogP contribution in [0.25, 0.3) is 0 Å². The molecule has 3 unspecified atom stereocenters. The largest absolute Gasteiger partial charge is 0.378 e. The number of ether oxygens (including phenoxy) is 1. The molecule has 1 aliphatic heterocycles. The lowest BCUT2D eigenvalue weighted by Gasteiger charge is -2.24. The zero-order valence-electron chi connectivity index (χ0n) is 11.1. The molecule has 0 aromatic rings. The van der Waals surface area contributed by atoms with Crippen LogP contribution in [0.2, 0.25) is 0 Å². The second kappa shape index (κ2) is 6.71. The fourth-order valence-electron chi connectivity index (χ4n) is 2.30. The van der Waals surface area contributed by atoms with Gasteiger partial charge in [-0.1, -0.05) is 6.92 Å². The molecule has 102 valence electrons. The van der Waals surface area contributed by atoms with Crippen molar-refractivity contribution in [3.8, 4) is 0 Å². The van der Waals surface area contributed by atoms with Crippen molar-refractivity contribution in [2.75, 3.05) is 19.4 Å². The van der Waals surface area contributed by atoms with Crippen molar-refractivity contribution in [1.29, 1.82) is 0 Å². The van der Waals surface area contributed by atoms with E-state index < -0.39 is 9.84 Å². The summed E-state index contributed by atoms with van der Waals surface area (Å²) >= 11 is 0. The van der Waals surface area contributed by atoms with Gasteiger partial charge in [-0.3, -0.25) is 0 Å². The first-order valence-electron chi connectivity index (χ1n) is 6.49. The maximum Gasteiger partial charge on any atom is 0.151 e. The highest BCUT2D eigenvalue weighted by atomic mass is 32.2. The van der Waals surface area contributed by atoms with Crippen molar-refractivity contribution in [3.05, 3.63) is 0 Å². The summed E-state index contributed by atoms with van der Waals surface area (Å²) in [5.41, 5.74) is 0. The zero-order chi connectivity index (χ0) is 12.9. The van der Waals surface area contributed by atoms with Crippen LogP contribution in [0.15, 0.2) is 0 Å². The molecule has 1 fully saturated rings. The Hall–Kier alpha value is -0.130. The van der Waals surface area contributed by atoms with Gasteiger partial charge in [-0.05, 0) is 39.2 Å². The summed E-state index contributed by atoms with van der Waals surface area (Å²) in [6, 6.07) is 0.0409. The van der Waals surface area contributed by atoms with E-state index >= 15 is 0 Å². The highest BCUT2D eigenvalue weighted by molar-refractivity contribution is 7.91. The maximum absolute atomic E-state index is 11.6. The first-order chi connectivity index (χ1) is 7.95. The Labute approximate surface area is 105 Å². The molecular weight excluding hydrogens is 238 g/mol. The van der Waals surface area contributed by atoms with Crippen LogP contribution in [0.1, 0.15) is 39.5 Å². The topological polar surface area (TPSA) is 55.4 Å². The van der Waals surface area contributed by atoms with E-state index in [4.69, 9.17) is 4.74 Å². The van der Waals surface area contributed by atoms with Crippen LogP contribution < -0.4 is 5.32 Å². The van der Waals surface area contributed by atoms with Crippen LogP contribution in [0.4, 0.5) is 0 Å². The normalized spacial score (nSPS) is 24.8. The van der Waals surface area contributed by atoms with Gasteiger partial charge in [0, 0.05) is 18.9 Å². The maximum atomic E-state index is 11.6. The van der Waals surface area contributed by atoms with Crippen LogP contribution in [-0.2, 0) is 14.6 Å². The van der Waals surface area contributed by atoms with Gasteiger partial charge in [0.05, 0.1) is 11.4 Å². The molecule has 0 aromatic carbocycles. The average molecular weight is 263 g/mol. The molecule has 3 atom stereocenters. The van der Waals surface area contributed by atoms with Gasteiger partial charge in [-0.2, -0.15) is 0 Å². The molecule has 17 heavy (non-hydrogen) atoms. The Bertz CT molecular complexity index is 310. The second-order valence-corrected chi connectivity index (χ2v) is 7.31. The fourth-order valence-corrected chi connectivity index (χ4v) is 3.13. The summed E-state index contributed by atoms with van der Waals surface area (Å²) in [4.78, 5) is 0. The lowest BCUT2D eigenvalue weighted by molar-refractivity contribution is 0.0996. The SMILES string of the molecule is CCNC(CCC1CCCO1)C(C)S(C)(=O)=O. The van der Waals surface area contributed by atoms with E-state index in [1.165, 1.54) is 6.26 Å². The zero-order valence-corrected chi connectivity index (χ0v) is 11.9. The number of hydrogen-bond donors (Lipinski definition) is 1. The van der Waals surface area contributed by atoms with Crippen molar-refractivity contribution in [3.63, 3.8) is 0 Å². The lowest BCUT2D eigenvalue weighted by atomic mass is 10.0. The Morgan fingerprint density at radius 3 is 2.65 bits per heavy atom. The van der Waals surface area contributed by atoms with Crippen LogP contribution in [-0.4, -0.2) is 45.2 Å². The molecule has 1 rings (SSSR count). The van der Waals surface area contributed by atoms with Gasteiger partial charge in [0.2, 0.25) is 0 Å². The van der Waals surface area contributed by atoms with Gasteiger partial charge in [0.1, 0.15) is 0 Å². The Morgan fingerprint density at radius 1 is 1.47 bits per heavy atom. The minimum absolute atomic E-state index is 0.0409. The monoisotopic (exact) mass is 263 g/mol. The first kappa shape index (κ1) is 14.9. The number of nitrogens with one attached hydrogen (secondary N) is 1. The molecule has 1 aliphatic rings. The molecule has 0 bridgehead atoms. The second-order valence-electron chi connectivity index (χ2n) is 4.91. The average Bonchev–Trinajstić information content (AvgIpc) is 2.74. The van der Waals surface area contributed by atoms with Gasteiger partial charge < -0.3 is 10.1 Å². The minimum Gasteiger partial charge on any atom is -0.378 e. The van der Waals surface area contributed by atoms with Crippen molar-refractivity contribution in [2.24, 2.45) is 0 Å². The Balaban J connectivity index is 2.47. The highest BCUT2D eigenvalue weighted by Crippen LogP contribution is 2.19. The molecule has 0 saturated carbocycles. The first-order valence-corrected chi connectivity index (χ1v) is 8.44. The van der Waals surface area contributed by atoms with Gasteiger partial charge in [0.15, 0.2) is 9.84 Å². The summed E-state index contributed by atoms with van der Waals surface area (Å²) < 4.78 is 28.7. The van der Waals surface area contributed by atoms with E-state index in [9.17, 15) is 8.42 Å². The summed E-state index contributed by atoms with van der Waals surface area (Å²) in [6.45, 7) is 5.46. The molecule has 5 heteroatoms. The van der Waals surface area contributed by atoms with E-state index in [2.05, 4.69) is 5.32 Å². The van der Waals surface area contributed by atoms with E-state index in [-0.39, 0.29) is 11.3 Å². The fraction of sp³-hybridized carbons (Fsp3) is 1.00. The number of rotatable bonds is 7. The van der Waals surface area contributed by atoms with E-state index in [1.54, 1.807) is 6.92 Å². The van der Waals surface area contributed by atoms with Crippen LogP contribution in [0.3, 0.4) is 0 Å². The summed E-state index contributed by atoms with van der Waals surface area (Å²) in [7, 11) is -2.97. The van der Waals surface area contributed by atoms with Crippen molar-refractivity contribution < 1.29 is 13.2 Å². The molecule has 0 radical (unpaired) electrons. The highest BCUT2D eigenvalue weighted by Gasteiger charge is 2.26. The van der Waals surface area contributed by atoms with Crippen LogP contribution >= 0.6 is 0 Å². The molecule has 0 amide bonds. The standard InChI is InChI=1S/C12H25NO3S/c1-4-13-12(10(2)17(3,14)15)8-7-11-6-5-9-16-11/h10-13H,4-9H2,1-3H3. The van der Waals surface area contributed by atoms with Crippen molar-refractivity contribution >= 4 is 9.84 Å². The van der Waals surface area contributed by atoms with E-state index in [1.807, 2.05) is 6.92 Å². The van der Waals surface area contributed by atoms with Crippen molar-refractivity contribution in [2.45, 2.75) is 56.9 Å². The Kier molecular flexibility index (Phi) is 5.89. The molecule has 0 aliphatic carbocycles. The third kappa shape index (κ3) is 4.94. The molecular formula is C12H25NO3S. The molecule has 1 heterocycles. The van der Waals surface area contributed by atoms with Gasteiger partial charge >= 0.3 is 0 Å². The summed E-state index contributed by atoms with van der Waals surface area (Å²) in [6.07, 6.45) is 5.73. The quantitative estimate of drug-likeness (QED) is 0.753.